The van der Waals surface area contributed by atoms with Crippen LogP contribution in [0.2, 0.25) is 5.02 Å². The molecular formula is C26H19ClF3IN4O2S. The first-order valence-electron chi connectivity index (χ1n) is 11.0. The Morgan fingerprint density at radius 1 is 1.13 bits per heavy atom. The standard InChI is InChI=1S/C26H19ClF3IN4O2S/c27-22-10-17(6-9-23(22)37-14-16-4-7-19(31)8-5-16)13-32-35-24(36)12-21-15-38-25(34-21)33-20-3-1-2-18(11-20)26(28,29)30/h1-11,13,15H,12,14H2,(H,33,34)(H,35,36)/b32-13-. The van der Waals surface area contributed by atoms with E-state index in [1.807, 2.05) is 24.3 Å². The summed E-state index contributed by atoms with van der Waals surface area (Å²) in [5.74, 6) is 0.130. The summed E-state index contributed by atoms with van der Waals surface area (Å²) >= 11 is 9.73. The average Bonchev–Trinajstić information content (AvgIpc) is 3.30. The van der Waals surface area contributed by atoms with Crippen LogP contribution in [0.4, 0.5) is 24.0 Å². The summed E-state index contributed by atoms with van der Waals surface area (Å²) < 4.78 is 45.6. The van der Waals surface area contributed by atoms with Crippen LogP contribution in [0, 0.1) is 3.57 Å². The van der Waals surface area contributed by atoms with Gasteiger partial charge in [-0.3, -0.25) is 4.79 Å². The van der Waals surface area contributed by atoms with Gasteiger partial charge in [-0.2, -0.15) is 18.3 Å². The maximum atomic E-state index is 12.9. The molecule has 0 aliphatic heterocycles. The molecule has 0 aliphatic carbocycles. The predicted octanol–water partition coefficient (Wildman–Crippen LogP) is 7.44. The van der Waals surface area contributed by atoms with Gasteiger partial charge in [0.25, 0.3) is 0 Å². The lowest BCUT2D eigenvalue weighted by molar-refractivity contribution is -0.137. The number of carbonyl (C=O) groups excluding carboxylic acids is 1. The number of thiazole rings is 1. The van der Waals surface area contributed by atoms with E-state index in [0.29, 0.717) is 33.8 Å². The second-order valence-electron chi connectivity index (χ2n) is 7.92. The van der Waals surface area contributed by atoms with Gasteiger partial charge in [0, 0.05) is 14.6 Å². The minimum absolute atomic E-state index is 0.0514. The fraction of sp³-hybridized carbons (Fsp3) is 0.115. The number of alkyl halides is 3. The zero-order valence-electron chi connectivity index (χ0n) is 19.4. The van der Waals surface area contributed by atoms with Gasteiger partial charge in [-0.05, 0) is 82.2 Å². The van der Waals surface area contributed by atoms with Gasteiger partial charge in [-0.25, -0.2) is 10.4 Å². The lowest BCUT2D eigenvalue weighted by Crippen LogP contribution is -2.19. The van der Waals surface area contributed by atoms with E-state index in [-0.39, 0.29) is 12.1 Å². The third-order valence-electron chi connectivity index (χ3n) is 5.00. The molecule has 1 aromatic heterocycles. The first-order chi connectivity index (χ1) is 18.2. The molecule has 196 valence electrons. The van der Waals surface area contributed by atoms with Crippen molar-refractivity contribution in [3.05, 3.63) is 103 Å². The van der Waals surface area contributed by atoms with E-state index in [9.17, 15) is 18.0 Å². The van der Waals surface area contributed by atoms with Gasteiger partial charge in [0.05, 0.1) is 28.9 Å². The number of benzene rings is 3. The maximum absolute atomic E-state index is 12.9. The quantitative estimate of drug-likeness (QED) is 0.110. The number of anilines is 2. The van der Waals surface area contributed by atoms with Gasteiger partial charge in [0.2, 0.25) is 5.91 Å². The molecule has 4 rings (SSSR count). The summed E-state index contributed by atoms with van der Waals surface area (Å²) in [7, 11) is 0. The molecule has 0 saturated heterocycles. The number of ether oxygens (including phenoxy) is 1. The molecule has 3 aromatic carbocycles. The molecule has 6 nitrogen and oxygen atoms in total. The molecule has 0 saturated carbocycles. The van der Waals surface area contributed by atoms with Crippen molar-refractivity contribution in [2.45, 2.75) is 19.2 Å². The van der Waals surface area contributed by atoms with Crippen LogP contribution in [0.25, 0.3) is 0 Å². The summed E-state index contributed by atoms with van der Waals surface area (Å²) in [5.41, 5.74) is 4.05. The van der Waals surface area contributed by atoms with Crippen LogP contribution in [-0.2, 0) is 24.0 Å². The van der Waals surface area contributed by atoms with Gasteiger partial charge < -0.3 is 10.1 Å². The number of hydrazone groups is 1. The molecule has 0 atom stereocenters. The Bertz CT molecular complexity index is 1450. The third kappa shape index (κ3) is 8.17. The van der Waals surface area contributed by atoms with Crippen molar-refractivity contribution < 1.29 is 22.7 Å². The van der Waals surface area contributed by atoms with Gasteiger partial charge in [0.1, 0.15) is 12.4 Å². The molecule has 1 amide bonds. The van der Waals surface area contributed by atoms with E-state index >= 15 is 0 Å². The Morgan fingerprint density at radius 3 is 2.66 bits per heavy atom. The van der Waals surface area contributed by atoms with Crippen LogP contribution in [0.3, 0.4) is 0 Å². The molecule has 0 bridgehead atoms. The number of amides is 1. The number of rotatable bonds is 9. The van der Waals surface area contributed by atoms with Crippen LogP contribution in [-0.4, -0.2) is 17.1 Å². The number of hydrogen-bond acceptors (Lipinski definition) is 6. The zero-order chi connectivity index (χ0) is 27.1. The highest BCUT2D eigenvalue weighted by Gasteiger charge is 2.30. The minimum atomic E-state index is -4.44. The van der Waals surface area contributed by atoms with Crippen molar-refractivity contribution in [2.75, 3.05) is 5.32 Å². The first kappa shape index (κ1) is 27.9. The third-order valence-corrected chi connectivity index (χ3v) is 6.82. The summed E-state index contributed by atoms with van der Waals surface area (Å²) in [6, 6.07) is 17.9. The molecule has 0 aliphatic rings. The number of carbonyl (C=O) groups is 1. The summed E-state index contributed by atoms with van der Waals surface area (Å²) in [6.07, 6.45) is -3.04. The number of aromatic nitrogens is 1. The van der Waals surface area contributed by atoms with Crippen LogP contribution >= 0.6 is 45.5 Å². The summed E-state index contributed by atoms with van der Waals surface area (Å²) in [4.78, 5) is 16.5. The summed E-state index contributed by atoms with van der Waals surface area (Å²) in [5, 5.41) is 9.20. The molecule has 0 spiro atoms. The lowest BCUT2D eigenvalue weighted by atomic mass is 10.2. The van der Waals surface area contributed by atoms with Gasteiger partial charge >= 0.3 is 6.18 Å². The molecule has 38 heavy (non-hydrogen) atoms. The Morgan fingerprint density at radius 2 is 1.92 bits per heavy atom. The van der Waals surface area contributed by atoms with Gasteiger partial charge in [-0.15, -0.1) is 11.3 Å². The highest BCUT2D eigenvalue weighted by Crippen LogP contribution is 2.32. The van der Waals surface area contributed by atoms with Crippen molar-refractivity contribution in [3.63, 3.8) is 0 Å². The highest BCUT2D eigenvalue weighted by atomic mass is 127. The number of nitrogens with zero attached hydrogens (tertiary/aromatic N) is 2. The van der Waals surface area contributed by atoms with Crippen LogP contribution in [0.15, 0.2) is 77.2 Å². The monoisotopic (exact) mass is 670 g/mol. The Hall–Kier alpha value is -3.16. The van der Waals surface area contributed by atoms with E-state index in [1.54, 1.807) is 23.6 Å². The van der Waals surface area contributed by atoms with Crippen LogP contribution < -0.4 is 15.5 Å². The fourth-order valence-corrected chi connectivity index (χ4v) is 4.51. The van der Waals surface area contributed by atoms with E-state index in [2.05, 4.69) is 43.4 Å². The van der Waals surface area contributed by atoms with Crippen molar-refractivity contribution in [3.8, 4) is 5.75 Å². The van der Waals surface area contributed by atoms with Gasteiger partial charge in [0.15, 0.2) is 5.13 Å². The van der Waals surface area contributed by atoms with Crippen molar-refractivity contribution in [1.29, 1.82) is 0 Å². The Balaban J connectivity index is 1.26. The zero-order valence-corrected chi connectivity index (χ0v) is 23.2. The van der Waals surface area contributed by atoms with Crippen molar-refractivity contribution in [2.24, 2.45) is 5.10 Å². The second kappa shape index (κ2) is 12.6. The van der Waals surface area contributed by atoms with E-state index in [1.165, 1.54) is 29.7 Å². The smallest absolute Gasteiger partial charge is 0.416 e. The number of hydrogen-bond donors (Lipinski definition) is 2. The predicted molar refractivity (Wildman–Crippen MR) is 151 cm³/mol. The molecular weight excluding hydrogens is 652 g/mol. The van der Waals surface area contributed by atoms with Crippen molar-refractivity contribution in [1.82, 2.24) is 10.4 Å². The fourth-order valence-electron chi connectivity index (χ4n) is 3.18. The van der Waals surface area contributed by atoms with Crippen molar-refractivity contribution >= 4 is 68.5 Å². The van der Waals surface area contributed by atoms with E-state index < -0.39 is 17.6 Å². The summed E-state index contributed by atoms with van der Waals surface area (Å²) in [6.45, 7) is 0.383. The van der Waals surface area contributed by atoms with Gasteiger partial charge in [-0.1, -0.05) is 29.8 Å². The molecule has 12 heteroatoms. The maximum Gasteiger partial charge on any atom is 0.416 e. The first-order valence-corrected chi connectivity index (χ1v) is 13.4. The topological polar surface area (TPSA) is 75.6 Å². The molecule has 4 aromatic rings. The SMILES string of the molecule is O=C(Cc1csc(Nc2cccc(C(F)(F)F)c2)n1)N/N=C\c1ccc(OCc2ccc(I)cc2)c(Cl)c1. The largest absolute Gasteiger partial charge is 0.487 e. The number of nitrogens with one attached hydrogen (secondary N) is 2. The molecule has 0 unspecified atom stereocenters. The lowest BCUT2D eigenvalue weighted by Gasteiger charge is -2.09. The minimum Gasteiger partial charge on any atom is -0.487 e. The molecule has 2 N–H and O–H groups in total. The van der Waals surface area contributed by atoms with Crippen LogP contribution in [0.1, 0.15) is 22.4 Å². The van der Waals surface area contributed by atoms with Crippen LogP contribution in [0.5, 0.6) is 5.75 Å². The number of halogens is 5. The molecule has 0 radical (unpaired) electrons. The molecule has 1 heterocycles. The normalized spacial score (nSPS) is 11.5. The Labute approximate surface area is 239 Å². The highest BCUT2D eigenvalue weighted by molar-refractivity contribution is 14.1. The van der Waals surface area contributed by atoms with E-state index in [4.69, 9.17) is 16.3 Å². The second-order valence-corrected chi connectivity index (χ2v) is 10.4. The molecule has 0 fully saturated rings. The average molecular weight is 671 g/mol. The van der Waals surface area contributed by atoms with E-state index in [0.717, 1.165) is 21.3 Å². The Kier molecular flexibility index (Phi) is 9.23.